The van der Waals surface area contributed by atoms with Gasteiger partial charge in [-0.1, -0.05) is 12.1 Å². The van der Waals surface area contributed by atoms with Gasteiger partial charge in [-0.2, -0.15) is 0 Å². The number of phenols is 1. The maximum atomic E-state index is 13.3. The number of halogens is 2. The molecular weight excluding hydrogens is 321 g/mol. The molecule has 0 fully saturated rings. The highest BCUT2D eigenvalue weighted by atomic mass is 79.9. The van der Waals surface area contributed by atoms with Crippen molar-refractivity contribution in [1.29, 1.82) is 0 Å². The first kappa shape index (κ1) is 13.3. The minimum Gasteiger partial charge on any atom is -0.504 e. The Kier molecular flexibility index (Phi) is 3.66. The molecule has 2 aromatic carbocycles. The number of para-hydroxylation sites is 2. The summed E-state index contributed by atoms with van der Waals surface area (Å²) in [7, 11) is 0. The molecule has 0 aromatic heterocycles. The van der Waals surface area contributed by atoms with E-state index in [4.69, 9.17) is 4.74 Å². The predicted octanol–water partition coefficient (Wildman–Crippen LogP) is 3.99. The molecule has 0 saturated heterocycles. The lowest BCUT2D eigenvalue weighted by Gasteiger charge is -2.08. The number of phenolic OH excluding ortho intramolecular Hbond substituents is 1. The summed E-state index contributed by atoms with van der Waals surface area (Å²) >= 11 is 2.92. The third-order valence-electron chi connectivity index (χ3n) is 2.28. The molecule has 0 aliphatic carbocycles. The Balaban J connectivity index is 2.48. The highest BCUT2D eigenvalue weighted by Crippen LogP contribution is 2.38. The molecule has 0 saturated carbocycles. The molecule has 98 valence electrons. The number of hydrogen-bond acceptors (Lipinski definition) is 4. The molecule has 0 aliphatic heterocycles. The van der Waals surface area contributed by atoms with E-state index in [-0.39, 0.29) is 21.7 Å². The van der Waals surface area contributed by atoms with Crippen molar-refractivity contribution in [1.82, 2.24) is 0 Å². The van der Waals surface area contributed by atoms with Crippen molar-refractivity contribution in [3.05, 3.63) is 56.8 Å². The summed E-state index contributed by atoms with van der Waals surface area (Å²) < 4.78 is 18.6. The molecule has 0 unspecified atom stereocenters. The zero-order valence-corrected chi connectivity index (χ0v) is 10.9. The summed E-state index contributed by atoms with van der Waals surface area (Å²) in [6, 6.07) is 7.88. The van der Waals surface area contributed by atoms with Gasteiger partial charge in [-0.25, -0.2) is 4.39 Å². The second-order valence-corrected chi connectivity index (χ2v) is 4.42. The van der Waals surface area contributed by atoms with Crippen LogP contribution in [-0.2, 0) is 0 Å². The van der Waals surface area contributed by atoms with Crippen molar-refractivity contribution in [3.8, 4) is 17.2 Å². The van der Waals surface area contributed by atoms with E-state index in [0.29, 0.717) is 0 Å². The van der Waals surface area contributed by atoms with E-state index in [9.17, 15) is 19.6 Å². The summed E-state index contributed by atoms with van der Waals surface area (Å²) in [5, 5.41) is 20.4. The minimum absolute atomic E-state index is 0.0310. The average Bonchev–Trinajstić information content (AvgIpc) is 2.36. The van der Waals surface area contributed by atoms with E-state index in [0.717, 1.165) is 12.1 Å². The van der Waals surface area contributed by atoms with Crippen molar-refractivity contribution in [3.63, 3.8) is 0 Å². The van der Waals surface area contributed by atoms with Crippen LogP contribution < -0.4 is 4.74 Å². The van der Waals surface area contributed by atoms with Crippen LogP contribution in [0.15, 0.2) is 40.9 Å². The topological polar surface area (TPSA) is 72.6 Å². The smallest absolute Gasteiger partial charge is 0.314 e. The average molecular weight is 328 g/mol. The minimum atomic E-state index is -0.767. The SMILES string of the molecule is O=[N+]([O-])c1cc(F)c(Br)cc1Oc1ccccc1O. The van der Waals surface area contributed by atoms with Crippen molar-refractivity contribution < 1.29 is 19.2 Å². The number of nitro benzene ring substituents is 1. The molecule has 2 rings (SSSR count). The van der Waals surface area contributed by atoms with Gasteiger partial charge in [-0.15, -0.1) is 0 Å². The highest BCUT2D eigenvalue weighted by Gasteiger charge is 2.20. The normalized spacial score (nSPS) is 10.2. The summed E-state index contributed by atoms with van der Waals surface area (Å²) in [6.07, 6.45) is 0. The van der Waals surface area contributed by atoms with Crippen molar-refractivity contribution >= 4 is 21.6 Å². The Bertz CT molecular complexity index is 648. The third-order valence-corrected chi connectivity index (χ3v) is 2.89. The molecule has 0 amide bonds. The van der Waals surface area contributed by atoms with E-state index >= 15 is 0 Å². The van der Waals surface area contributed by atoms with E-state index < -0.39 is 16.4 Å². The number of rotatable bonds is 3. The lowest BCUT2D eigenvalue weighted by atomic mass is 10.2. The van der Waals surface area contributed by atoms with E-state index in [2.05, 4.69) is 15.9 Å². The largest absolute Gasteiger partial charge is 0.504 e. The van der Waals surface area contributed by atoms with Gasteiger partial charge < -0.3 is 9.84 Å². The van der Waals surface area contributed by atoms with E-state index in [1.807, 2.05) is 0 Å². The monoisotopic (exact) mass is 327 g/mol. The van der Waals surface area contributed by atoms with Gasteiger partial charge in [0, 0.05) is 6.07 Å². The predicted molar refractivity (Wildman–Crippen MR) is 68.9 cm³/mol. The maximum absolute atomic E-state index is 13.3. The van der Waals surface area contributed by atoms with Gasteiger partial charge in [0.1, 0.15) is 5.82 Å². The van der Waals surface area contributed by atoms with Gasteiger partial charge in [0.2, 0.25) is 5.75 Å². The molecule has 1 N–H and O–H groups in total. The fourth-order valence-electron chi connectivity index (χ4n) is 1.40. The quantitative estimate of drug-likeness (QED) is 0.683. The van der Waals surface area contributed by atoms with Crippen LogP contribution in [-0.4, -0.2) is 10.0 Å². The number of aromatic hydroxyl groups is 1. The fourth-order valence-corrected chi connectivity index (χ4v) is 1.73. The summed E-state index contributed by atoms with van der Waals surface area (Å²) in [6.45, 7) is 0. The molecule has 0 spiro atoms. The second kappa shape index (κ2) is 5.23. The van der Waals surface area contributed by atoms with Crippen LogP contribution in [0, 0.1) is 15.9 Å². The zero-order chi connectivity index (χ0) is 14.0. The van der Waals surface area contributed by atoms with Gasteiger partial charge in [0.15, 0.2) is 11.5 Å². The summed E-state index contributed by atoms with van der Waals surface area (Å²) in [4.78, 5) is 10.1. The van der Waals surface area contributed by atoms with Gasteiger partial charge in [0.05, 0.1) is 15.5 Å². The Labute approximate surface area is 115 Å². The fraction of sp³-hybridized carbons (Fsp3) is 0. The first-order valence-corrected chi connectivity index (χ1v) is 5.87. The van der Waals surface area contributed by atoms with Crippen LogP contribution in [0.2, 0.25) is 0 Å². The first-order valence-electron chi connectivity index (χ1n) is 5.08. The Morgan fingerprint density at radius 3 is 2.58 bits per heavy atom. The summed E-state index contributed by atoms with van der Waals surface area (Å²) in [5.41, 5.74) is -0.524. The molecule has 0 atom stereocenters. The van der Waals surface area contributed by atoms with Crippen molar-refractivity contribution in [2.45, 2.75) is 0 Å². The maximum Gasteiger partial charge on any atom is 0.314 e. The molecule has 0 aliphatic rings. The summed E-state index contributed by atoms with van der Waals surface area (Å²) in [5.74, 6) is -1.06. The van der Waals surface area contributed by atoms with Crippen molar-refractivity contribution in [2.24, 2.45) is 0 Å². The lowest BCUT2D eigenvalue weighted by molar-refractivity contribution is -0.385. The number of nitro groups is 1. The number of hydrogen-bond donors (Lipinski definition) is 1. The van der Waals surface area contributed by atoms with Crippen LogP contribution >= 0.6 is 15.9 Å². The number of ether oxygens (including phenoxy) is 1. The van der Waals surface area contributed by atoms with Gasteiger partial charge in [-0.3, -0.25) is 10.1 Å². The standard InChI is InChI=1S/C12H7BrFNO4/c13-7-5-12(9(15(17)18)6-8(7)14)19-11-4-2-1-3-10(11)16/h1-6,16H. The molecule has 0 heterocycles. The van der Waals surface area contributed by atoms with Crippen LogP contribution in [0.3, 0.4) is 0 Å². The molecular formula is C12H7BrFNO4. The molecule has 5 nitrogen and oxygen atoms in total. The Morgan fingerprint density at radius 2 is 1.95 bits per heavy atom. The molecule has 0 bridgehead atoms. The molecule has 2 aromatic rings. The van der Waals surface area contributed by atoms with Gasteiger partial charge in [0.25, 0.3) is 0 Å². The first-order chi connectivity index (χ1) is 8.99. The number of nitrogens with zero attached hydrogens (tertiary/aromatic N) is 1. The Hall–Kier alpha value is -2.15. The lowest BCUT2D eigenvalue weighted by Crippen LogP contribution is -1.95. The van der Waals surface area contributed by atoms with Gasteiger partial charge >= 0.3 is 5.69 Å². The van der Waals surface area contributed by atoms with Crippen LogP contribution in [0.5, 0.6) is 17.2 Å². The van der Waals surface area contributed by atoms with E-state index in [1.165, 1.54) is 12.1 Å². The van der Waals surface area contributed by atoms with Crippen LogP contribution in [0.4, 0.5) is 10.1 Å². The van der Waals surface area contributed by atoms with Gasteiger partial charge in [-0.05, 0) is 28.1 Å². The molecule has 0 radical (unpaired) electrons. The van der Waals surface area contributed by atoms with Crippen molar-refractivity contribution in [2.75, 3.05) is 0 Å². The van der Waals surface area contributed by atoms with Crippen LogP contribution in [0.25, 0.3) is 0 Å². The zero-order valence-electron chi connectivity index (χ0n) is 9.34. The Morgan fingerprint density at radius 1 is 1.26 bits per heavy atom. The van der Waals surface area contributed by atoms with Crippen LogP contribution in [0.1, 0.15) is 0 Å². The number of benzene rings is 2. The molecule has 19 heavy (non-hydrogen) atoms. The van der Waals surface area contributed by atoms with E-state index in [1.54, 1.807) is 12.1 Å². The third kappa shape index (κ3) is 2.82. The second-order valence-electron chi connectivity index (χ2n) is 3.56. The molecule has 7 heteroatoms. The highest BCUT2D eigenvalue weighted by molar-refractivity contribution is 9.10.